The van der Waals surface area contributed by atoms with Gasteiger partial charge in [-0.1, -0.05) is 13.3 Å². The van der Waals surface area contributed by atoms with E-state index in [4.69, 9.17) is 15.2 Å². The summed E-state index contributed by atoms with van der Waals surface area (Å²) in [5.41, 5.74) is 9.48. The number of carbonyl (C=O) groups excluding carboxylic acids is 1. The van der Waals surface area contributed by atoms with Gasteiger partial charge in [-0.3, -0.25) is 4.79 Å². The lowest BCUT2D eigenvalue weighted by molar-refractivity contribution is -0.117. The molecule has 1 aliphatic heterocycles. The van der Waals surface area contributed by atoms with Crippen molar-refractivity contribution < 1.29 is 14.3 Å². The van der Waals surface area contributed by atoms with E-state index < -0.39 is 5.92 Å². The van der Waals surface area contributed by atoms with Crippen molar-refractivity contribution in [3.63, 3.8) is 0 Å². The Hall–Kier alpha value is -2.30. The van der Waals surface area contributed by atoms with Crippen LogP contribution in [0.1, 0.15) is 64.4 Å². The van der Waals surface area contributed by atoms with Gasteiger partial charge >= 0.3 is 0 Å². The van der Waals surface area contributed by atoms with Crippen LogP contribution >= 0.6 is 15.9 Å². The number of halogens is 1. The number of dihydropyridines is 1. The van der Waals surface area contributed by atoms with Gasteiger partial charge in [0.2, 0.25) is 0 Å². The number of allylic oxidation sites excluding steroid dienone is 4. The number of benzene rings is 1. The Kier molecular flexibility index (Phi) is 8.38. The van der Waals surface area contributed by atoms with Crippen LogP contribution in [-0.4, -0.2) is 25.5 Å². The van der Waals surface area contributed by atoms with Gasteiger partial charge in [0.05, 0.1) is 35.2 Å². The van der Waals surface area contributed by atoms with Crippen molar-refractivity contribution in [3.05, 3.63) is 44.7 Å². The summed E-state index contributed by atoms with van der Waals surface area (Å²) in [7, 11) is 0. The molecule has 0 aromatic heterocycles. The van der Waals surface area contributed by atoms with Crippen molar-refractivity contribution in [2.24, 2.45) is 11.7 Å². The highest BCUT2D eigenvalue weighted by Gasteiger charge is 2.39. The molecule has 0 bridgehead atoms. The van der Waals surface area contributed by atoms with Crippen LogP contribution in [-0.2, 0) is 4.79 Å². The summed E-state index contributed by atoms with van der Waals surface area (Å²) in [4.78, 5) is 13.3. The number of hydrogen-bond acceptors (Lipinski definition) is 6. The summed E-state index contributed by atoms with van der Waals surface area (Å²) in [6.45, 7) is 7.47. The second kappa shape index (κ2) is 11.0. The van der Waals surface area contributed by atoms with E-state index in [1.54, 1.807) is 0 Å². The van der Waals surface area contributed by atoms with Crippen molar-refractivity contribution in [1.82, 2.24) is 5.32 Å². The van der Waals surface area contributed by atoms with Gasteiger partial charge in [-0.15, -0.1) is 0 Å². The molecular formula is C25H32BrN3O3. The SMILES string of the molecule is CCCC1CC(=O)C2=C(C1)NC(C)=C(C#N)C2c1cc(Br)c(OCCCN)c(OCC)c1. The molecule has 1 heterocycles. The number of nitrogens with zero attached hydrogens (tertiary/aromatic N) is 1. The molecule has 2 unspecified atom stereocenters. The third-order valence-corrected chi connectivity index (χ3v) is 6.58. The zero-order chi connectivity index (χ0) is 23.3. The third-order valence-electron chi connectivity index (χ3n) is 5.99. The highest BCUT2D eigenvalue weighted by molar-refractivity contribution is 9.10. The first-order chi connectivity index (χ1) is 15.4. The number of nitrogens with two attached hydrogens (primary N) is 1. The number of Topliss-reactive ketones (excluding diaryl/α,β-unsaturated/α-hetero) is 1. The molecule has 1 aliphatic carbocycles. The van der Waals surface area contributed by atoms with Crippen LogP contribution < -0.4 is 20.5 Å². The molecule has 0 spiro atoms. The predicted octanol–water partition coefficient (Wildman–Crippen LogP) is 5.09. The van der Waals surface area contributed by atoms with E-state index in [1.807, 2.05) is 26.0 Å². The molecule has 172 valence electrons. The van der Waals surface area contributed by atoms with Crippen LogP contribution in [0.2, 0.25) is 0 Å². The Bertz CT molecular complexity index is 977. The maximum Gasteiger partial charge on any atom is 0.175 e. The molecule has 0 fully saturated rings. The van der Waals surface area contributed by atoms with Gasteiger partial charge < -0.3 is 20.5 Å². The van der Waals surface area contributed by atoms with Crippen LogP contribution in [0.25, 0.3) is 0 Å². The molecule has 32 heavy (non-hydrogen) atoms. The largest absolute Gasteiger partial charge is 0.490 e. The second-order valence-electron chi connectivity index (χ2n) is 8.34. The molecule has 1 aromatic rings. The van der Waals surface area contributed by atoms with Crippen molar-refractivity contribution in [2.45, 2.75) is 58.8 Å². The number of carbonyl (C=O) groups is 1. The van der Waals surface area contributed by atoms with Gasteiger partial charge in [-0.05, 0) is 79.2 Å². The summed E-state index contributed by atoms with van der Waals surface area (Å²) in [5.74, 6) is 1.26. The monoisotopic (exact) mass is 501 g/mol. The lowest BCUT2D eigenvalue weighted by Gasteiger charge is -2.35. The Balaban J connectivity index is 2.09. The molecule has 3 N–H and O–H groups in total. The lowest BCUT2D eigenvalue weighted by atomic mass is 9.72. The normalized spacial score (nSPS) is 20.6. The highest BCUT2D eigenvalue weighted by atomic mass is 79.9. The van der Waals surface area contributed by atoms with Crippen molar-refractivity contribution in [3.8, 4) is 17.6 Å². The van der Waals surface area contributed by atoms with Crippen LogP contribution in [0.4, 0.5) is 0 Å². The fraction of sp³-hybridized carbons (Fsp3) is 0.520. The molecule has 6 nitrogen and oxygen atoms in total. The van der Waals surface area contributed by atoms with Gasteiger partial charge in [-0.25, -0.2) is 0 Å². The smallest absolute Gasteiger partial charge is 0.175 e. The van der Waals surface area contributed by atoms with E-state index in [-0.39, 0.29) is 5.78 Å². The fourth-order valence-corrected chi connectivity index (χ4v) is 5.20. The number of rotatable bonds is 9. The highest BCUT2D eigenvalue weighted by Crippen LogP contribution is 2.47. The van der Waals surface area contributed by atoms with E-state index in [0.29, 0.717) is 54.7 Å². The summed E-state index contributed by atoms with van der Waals surface area (Å²) in [6.07, 6.45) is 4.18. The third kappa shape index (κ3) is 5.02. The molecule has 2 aliphatic rings. The first-order valence-electron chi connectivity index (χ1n) is 11.4. The van der Waals surface area contributed by atoms with Gasteiger partial charge in [-0.2, -0.15) is 5.26 Å². The number of ketones is 1. The summed E-state index contributed by atoms with van der Waals surface area (Å²) < 4.78 is 12.5. The molecule has 0 saturated carbocycles. The summed E-state index contributed by atoms with van der Waals surface area (Å²) >= 11 is 3.63. The molecule has 0 saturated heterocycles. The Morgan fingerprint density at radius 2 is 2.06 bits per heavy atom. The van der Waals surface area contributed by atoms with Crippen molar-refractivity contribution in [1.29, 1.82) is 5.26 Å². The molecule has 3 rings (SSSR count). The number of nitriles is 1. The van der Waals surface area contributed by atoms with Gasteiger partial charge in [0.1, 0.15) is 0 Å². The van der Waals surface area contributed by atoms with E-state index in [1.165, 1.54) is 0 Å². The number of hydrogen-bond donors (Lipinski definition) is 2. The molecule has 0 radical (unpaired) electrons. The minimum atomic E-state index is -0.417. The first-order valence-corrected chi connectivity index (χ1v) is 12.2. The van der Waals surface area contributed by atoms with Gasteiger partial charge in [0, 0.05) is 23.4 Å². The molecule has 2 atom stereocenters. The van der Waals surface area contributed by atoms with E-state index in [9.17, 15) is 10.1 Å². The molecule has 1 aromatic carbocycles. The topological polar surface area (TPSA) is 97.4 Å². The zero-order valence-electron chi connectivity index (χ0n) is 19.1. The maximum atomic E-state index is 13.3. The van der Waals surface area contributed by atoms with Gasteiger partial charge in [0.25, 0.3) is 0 Å². The van der Waals surface area contributed by atoms with Crippen molar-refractivity contribution in [2.75, 3.05) is 19.8 Å². The van der Waals surface area contributed by atoms with Crippen LogP contribution in [0.15, 0.2) is 39.1 Å². The van der Waals surface area contributed by atoms with E-state index in [0.717, 1.165) is 47.1 Å². The molecular weight excluding hydrogens is 470 g/mol. The van der Waals surface area contributed by atoms with E-state index in [2.05, 4.69) is 34.2 Å². The molecule has 7 heteroatoms. The predicted molar refractivity (Wildman–Crippen MR) is 128 cm³/mol. The average molecular weight is 502 g/mol. The minimum absolute atomic E-state index is 0.125. The van der Waals surface area contributed by atoms with Crippen LogP contribution in [0.3, 0.4) is 0 Å². The maximum absolute atomic E-state index is 13.3. The lowest BCUT2D eigenvalue weighted by Crippen LogP contribution is -2.34. The summed E-state index contributed by atoms with van der Waals surface area (Å²) in [5, 5.41) is 13.4. The Labute approximate surface area is 199 Å². The fourth-order valence-electron chi connectivity index (χ4n) is 4.63. The van der Waals surface area contributed by atoms with Gasteiger partial charge in [0.15, 0.2) is 17.3 Å². The summed E-state index contributed by atoms with van der Waals surface area (Å²) in [6, 6.07) is 6.20. The zero-order valence-corrected chi connectivity index (χ0v) is 20.7. The van der Waals surface area contributed by atoms with Crippen LogP contribution in [0, 0.1) is 17.2 Å². The number of nitrogens with one attached hydrogen (secondary N) is 1. The molecule has 0 amide bonds. The first kappa shape index (κ1) is 24.3. The van der Waals surface area contributed by atoms with E-state index >= 15 is 0 Å². The Morgan fingerprint density at radius 3 is 2.72 bits per heavy atom. The minimum Gasteiger partial charge on any atom is -0.490 e. The average Bonchev–Trinajstić information content (AvgIpc) is 2.75. The van der Waals surface area contributed by atoms with Crippen LogP contribution in [0.5, 0.6) is 11.5 Å². The standard InChI is InChI=1S/C25H32BrN3O3/c1-4-7-16-10-20-24(21(30)11-16)23(18(14-28)15(3)29-20)17-12-19(26)25(32-9-6-8-27)22(13-17)31-5-2/h12-13,16,23,29H,4-11,27H2,1-3H3. The number of ether oxygens (including phenoxy) is 2. The Morgan fingerprint density at radius 1 is 1.28 bits per heavy atom. The van der Waals surface area contributed by atoms with Crippen molar-refractivity contribution >= 4 is 21.7 Å². The quantitative estimate of drug-likeness (QED) is 0.457. The second-order valence-corrected chi connectivity index (χ2v) is 9.19.